The lowest BCUT2D eigenvalue weighted by atomic mass is 10.2. The number of nitrogens with one attached hydrogen (secondary N) is 1. The van der Waals surface area contributed by atoms with Gasteiger partial charge in [0.1, 0.15) is 18.0 Å². The lowest BCUT2D eigenvalue weighted by molar-refractivity contribution is -0.424. The number of hydrogen-bond acceptors (Lipinski definition) is 9. The molecule has 0 radical (unpaired) electrons. The summed E-state index contributed by atoms with van der Waals surface area (Å²) in [5, 5.41) is 38.5. The number of anilines is 1. The number of nitrogens with zero attached hydrogens (tertiary/aromatic N) is 5. The Hall–Kier alpha value is -4.10. The van der Waals surface area contributed by atoms with Gasteiger partial charge in [-0.15, -0.1) is 0 Å². The summed E-state index contributed by atoms with van der Waals surface area (Å²) in [7, 11) is 1.25. The van der Waals surface area contributed by atoms with E-state index in [1.54, 1.807) is 0 Å². The second-order valence-electron chi connectivity index (χ2n) is 5.12. The smallest absolute Gasteiger partial charge is 0.468 e. The lowest BCUT2D eigenvalue weighted by Crippen LogP contribution is -2.20. The topological polar surface area (TPSA) is 186 Å². The van der Waals surface area contributed by atoms with Crippen LogP contribution in [-0.4, -0.2) is 37.6 Å². The number of methoxy groups -OCH3 is 1. The molecule has 0 aliphatic carbocycles. The van der Waals surface area contributed by atoms with E-state index in [1.807, 2.05) is 0 Å². The largest absolute Gasteiger partial charge is 0.494 e. The maximum Gasteiger partial charge on any atom is 0.468 e. The molecule has 0 saturated heterocycles. The Labute approximate surface area is 149 Å². The van der Waals surface area contributed by atoms with Crippen molar-refractivity contribution in [3.63, 3.8) is 0 Å². The summed E-state index contributed by atoms with van der Waals surface area (Å²) >= 11 is 0. The summed E-state index contributed by atoms with van der Waals surface area (Å²) in [4.78, 5) is 42.2. The second-order valence-corrected chi connectivity index (χ2v) is 5.12. The van der Waals surface area contributed by atoms with Crippen molar-refractivity contribution in [2.45, 2.75) is 13.5 Å². The molecular weight excluding hydrogens is 368 g/mol. The van der Waals surface area contributed by atoms with Gasteiger partial charge < -0.3 is 20.2 Å². The Morgan fingerprint density at radius 2 is 1.85 bits per heavy atom. The monoisotopic (exact) mass is 380 g/mol. The van der Waals surface area contributed by atoms with Gasteiger partial charge in [-0.1, -0.05) is 0 Å². The van der Waals surface area contributed by atoms with Crippen LogP contribution in [0.2, 0.25) is 0 Å². The SMILES string of the molecule is COc1cc([N+](=O)[O-])ccc1NC(=O)Cn1nc([N+](=O)[O-])c([N+](=O)[O-])c1C. The number of carbonyl (C=O) groups is 1. The number of rotatable bonds is 7. The number of benzene rings is 1. The zero-order chi connectivity index (χ0) is 20.3. The minimum Gasteiger partial charge on any atom is -0.494 e. The molecule has 14 nitrogen and oxygen atoms in total. The van der Waals surface area contributed by atoms with Crippen molar-refractivity contribution in [1.82, 2.24) is 9.78 Å². The van der Waals surface area contributed by atoms with E-state index in [-0.39, 0.29) is 22.8 Å². The number of nitro groups is 3. The predicted octanol–water partition coefficient (Wildman–Crippen LogP) is 1.56. The van der Waals surface area contributed by atoms with Gasteiger partial charge in [-0.3, -0.25) is 25.0 Å². The highest BCUT2D eigenvalue weighted by molar-refractivity contribution is 5.92. The van der Waals surface area contributed by atoms with E-state index in [0.717, 1.165) is 16.8 Å². The number of hydrogen-bond donors (Lipinski definition) is 1. The quantitative estimate of drug-likeness (QED) is 0.549. The van der Waals surface area contributed by atoms with Crippen LogP contribution < -0.4 is 10.1 Å². The molecule has 1 amide bonds. The molecule has 0 bridgehead atoms. The molecule has 142 valence electrons. The summed E-state index contributed by atoms with van der Waals surface area (Å²) in [5.41, 5.74) is -1.11. The number of nitro benzene ring substituents is 1. The van der Waals surface area contributed by atoms with Crippen LogP contribution in [0.15, 0.2) is 18.2 Å². The minimum atomic E-state index is -1.01. The molecular formula is C13H12N6O8. The molecule has 14 heteroatoms. The number of carbonyl (C=O) groups excluding carboxylic acids is 1. The van der Waals surface area contributed by atoms with Crippen LogP contribution in [0.4, 0.5) is 22.9 Å². The number of ether oxygens (including phenoxy) is 1. The fourth-order valence-corrected chi connectivity index (χ4v) is 2.23. The predicted molar refractivity (Wildman–Crippen MR) is 88.6 cm³/mol. The first kappa shape index (κ1) is 19.2. The second kappa shape index (κ2) is 7.42. The zero-order valence-electron chi connectivity index (χ0n) is 13.9. The number of amides is 1. The highest BCUT2D eigenvalue weighted by atomic mass is 16.6. The van der Waals surface area contributed by atoms with Gasteiger partial charge in [-0.25, -0.2) is 0 Å². The minimum absolute atomic E-state index is 0.0201. The molecule has 0 saturated carbocycles. The summed E-state index contributed by atoms with van der Waals surface area (Å²) in [5.74, 6) is -1.68. The fourth-order valence-electron chi connectivity index (χ4n) is 2.23. The average molecular weight is 380 g/mol. The van der Waals surface area contributed by atoms with Crippen molar-refractivity contribution < 1.29 is 24.3 Å². The first-order valence-corrected chi connectivity index (χ1v) is 7.14. The Kier molecular flexibility index (Phi) is 5.29. The molecule has 1 heterocycles. The highest BCUT2D eigenvalue weighted by Gasteiger charge is 2.35. The fraction of sp³-hybridized carbons (Fsp3) is 0.231. The van der Waals surface area contributed by atoms with Gasteiger partial charge in [0.25, 0.3) is 5.69 Å². The van der Waals surface area contributed by atoms with Gasteiger partial charge in [0.2, 0.25) is 5.91 Å². The van der Waals surface area contributed by atoms with E-state index in [9.17, 15) is 35.1 Å². The van der Waals surface area contributed by atoms with E-state index in [4.69, 9.17) is 4.74 Å². The molecule has 2 aromatic rings. The third-order valence-electron chi connectivity index (χ3n) is 3.48. The molecule has 0 spiro atoms. The van der Waals surface area contributed by atoms with Crippen molar-refractivity contribution in [2.75, 3.05) is 12.4 Å². The van der Waals surface area contributed by atoms with E-state index >= 15 is 0 Å². The van der Waals surface area contributed by atoms with Crippen LogP contribution in [0.5, 0.6) is 5.75 Å². The van der Waals surface area contributed by atoms with Gasteiger partial charge in [0.05, 0.1) is 33.8 Å². The van der Waals surface area contributed by atoms with E-state index in [2.05, 4.69) is 10.4 Å². The first-order chi connectivity index (χ1) is 12.6. The molecule has 0 aliphatic heterocycles. The number of aromatic nitrogens is 2. The Bertz CT molecular complexity index is 953. The van der Waals surface area contributed by atoms with Crippen molar-refractivity contribution in [2.24, 2.45) is 0 Å². The Morgan fingerprint density at radius 3 is 2.33 bits per heavy atom. The van der Waals surface area contributed by atoms with Crippen LogP contribution in [0.25, 0.3) is 0 Å². The Morgan fingerprint density at radius 1 is 1.19 bits per heavy atom. The molecule has 0 aliphatic rings. The maximum atomic E-state index is 12.2. The summed E-state index contributed by atoms with van der Waals surface area (Å²) in [6.45, 7) is 0.665. The Balaban J connectivity index is 2.26. The van der Waals surface area contributed by atoms with Crippen LogP contribution in [0.1, 0.15) is 5.69 Å². The molecule has 0 unspecified atom stereocenters. The number of non-ortho nitro benzene ring substituents is 1. The normalized spacial score (nSPS) is 10.3. The van der Waals surface area contributed by atoms with Gasteiger partial charge in [0.15, 0.2) is 0 Å². The molecule has 0 atom stereocenters. The van der Waals surface area contributed by atoms with Gasteiger partial charge in [-0.05, 0) is 17.9 Å². The summed E-state index contributed by atoms with van der Waals surface area (Å²) in [6, 6.07) is 3.49. The van der Waals surface area contributed by atoms with Crippen molar-refractivity contribution in [1.29, 1.82) is 0 Å². The average Bonchev–Trinajstić information content (AvgIpc) is 2.91. The van der Waals surface area contributed by atoms with E-state index in [1.165, 1.54) is 20.1 Å². The third kappa shape index (κ3) is 3.94. The van der Waals surface area contributed by atoms with Crippen LogP contribution in [0.3, 0.4) is 0 Å². The molecule has 2 rings (SSSR count). The molecule has 1 N–H and O–H groups in total. The lowest BCUT2D eigenvalue weighted by Gasteiger charge is -2.09. The van der Waals surface area contributed by atoms with Crippen molar-refractivity contribution in [3.05, 3.63) is 54.2 Å². The van der Waals surface area contributed by atoms with Crippen molar-refractivity contribution >= 4 is 28.8 Å². The summed E-state index contributed by atoms with van der Waals surface area (Å²) < 4.78 is 5.80. The molecule has 1 aromatic heterocycles. The summed E-state index contributed by atoms with van der Waals surface area (Å²) in [6.07, 6.45) is 0. The third-order valence-corrected chi connectivity index (χ3v) is 3.48. The zero-order valence-corrected chi connectivity index (χ0v) is 13.9. The molecule has 1 aromatic carbocycles. The van der Waals surface area contributed by atoms with Crippen LogP contribution in [-0.2, 0) is 11.3 Å². The molecule has 0 fully saturated rings. The van der Waals surface area contributed by atoms with Gasteiger partial charge >= 0.3 is 11.5 Å². The van der Waals surface area contributed by atoms with Gasteiger partial charge in [0, 0.05) is 6.07 Å². The van der Waals surface area contributed by atoms with Gasteiger partial charge in [-0.2, -0.15) is 4.68 Å². The first-order valence-electron chi connectivity index (χ1n) is 7.14. The van der Waals surface area contributed by atoms with E-state index in [0.29, 0.717) is 0 Å². The van der Waals surface area contributed by atoms with Crippen LogP contribution in [0, 0.1) is 37.3 Å². The van der Waals surface area contributed by atoms with Crippen LogP contribution >= 0.6 is 0 Å². The van der Waals surface area contributed by atoms with Crippen molar-refractivity contribution in [3.8, 4) is 5.75 Å². The van der Waals surface area contributed by atoms with E-state index < -0.39 is 38.7 Å². The maximum absolute atomic E-state index is 12.2. The highest BCUT2D eigenvalue weighted by Crippen LogP contribution is 2.30. The standard InChI is InChI=1S/C13H12N6O8/c1-7-12(18(23)24)13(19(25)26)15-16(7)6-11(20)14-9-4-3-8(17(21)22)5-10(9)27-2/h3-5H,6H2,1-2H3,(H,14,20). The molecule has 27 heavy (non-hydrogen) atoms.